The Labute approximate surface area is 108 Å². The molecule has 5 heteroatoms. The molecule has 1 aliphatic rings. The fourth-order valence-corrected chi connectivity index (χ4v) is 2.22. The highest BCUT2D eigenvalue weighted by Crippen LogP contribution is 2.14. The van der Waals surface area contributed by atoms with Crippen molar-refractivity contribution in [2.24, 2.45) is 5.92 Å². The van der Waals surface area contributed by atoms with Gasteiger partial charge in [-0.3, -0.25) is 9.89 Å². The van der Waals surface area contributed by atoms with Crippen molar-refractivity contribution in [3.8, 4) is 0 Å². The van der Waals surface area contributed by atoms with Crippen molar-refractivity contribution in [3.05, 3.63) is 17.5 Å². The first-order chi connectivity index (χ1) is 8.58. The second-order valence-electron chi connectivity index (χ2n) is 5.41. The van der Waals surface area contributed by atoms with E-state index < -0.39 is 0 Å². The minimum absolute atomic E-state index is 0.0723. The molecule has 1 saturated heterocycles. The van der Waals surface area contributed by atoms with E-state index in [9.17, 15) is 4.79 Å². The van der Waals surface area contributed by atoms with Crippen LogP contribution >= 0.6 is 0 Å². The number of hydrogen-bond acceptors (Lipinski definition) is 3. The molecule has 1 fully saturated rings. The molecule has 2 atom stereocenters. The molecule has 0 aromatic carbocycles. The minimum atomic E-state index is -0.0723. The predicted octanol–water partition coefficient (Wildman–Crippen LogP) is 1.26. The Morgan fingerprint density at radius 3 is 2.94 bits per heavy atom. The number of hydrogen-bond donors (Lipinski definition) is 3. The van der Waals surface area contributed by atoms with E-state index in [4.69, 9.17) is 0 Å². The van der Waals surface area contributed by atoms with Crippen LogP contribution in [0.1, 0.15) is 49.3 Å². The third kappa shape index (κ3) is 2.90. The van der Waals surface area contributed by atoms with Gasteiger partial charge in [-0.2, -0.15) is 5.10 Å². The smallest absolute Gasteiger partial charge is 0.272 e. The molecule has 2 heterocycles. The zero-order valence-corrected chi connectivity index (χ0v) is 11.3. The lowest BCUT2D eigenvalue weighted by molar-refractivity contribution is 0.0909. The van der Waals surface area contributed by atoms with Crippen LogP contribution in [0.2, 0.25) is 0 Å². The van der Waals surface area contributed by atoms with E-state index in [1.165, 1.54) is 0 Å². The number of piperidine rings is 1. The van der Waals surface area contributed by atoms with Crippen LogP contribution in [0.25, 0.3) is 0 Å². The first-order valence-corrected chi connectivity index (χ1v) is 6.65. The summed E-state index contributed by atoms with van der Waals surface area (Å²) in [7, 11) is 0. The van der Waals surface area contributed by atoms with E-state index in [1.54, 1.807) is 0 Å². The molecule has 3 N–H and O–H groups in total. The number of nitrogens with zero attached hydrogens (tertiary/aromatic N) is 1. The summed E-state index contributed by atoms with van der Waals surface area (Å²) >= 11 is 0. The number of aromatic nitrogens is 2. The van der Waals surface area contributed by atoms with E-state index >= 15 is 0 Å². The average molecular weight is 250 g/mol. The molecule has 1 aromatic heterocycles. The molecule has 5 nitrogen and oxygen atoms in total. The molecule has 0 bridgehead atoms. The van der Waals surface area contributed by atoms with Gasteiger partial charge in [0.25, 0.3) is 5.91 Å². The fourth-order valence-electron chi connectivity index (χ4n) is 2.22. The third-order valence-corrected chi connectivity index (χ3v) is 3.55. The van der Waals surface area contributed by atoms with Crippen molar-refractivity contribution in [3.63, 3.8) is 0 Å². The lowest BCUT2D eigenvalue weighted by Crippen LogP contribution is -2.48. The summed E-state index contributed by atoms with van der Waals surface area (Å²) in [6.45, 7) is 8.23. The highest BCUT2D eigenvalue weighted by atomic mass is 16.2. The van der Waals surface area contributed by atoms with Gasteiger partial charge in [0, 0.05) is 11.7 Å². The van der Waals surface area contributed by atoms with E-state index in [0.29, 0.717) is 17.5 Å². The van der Waals surface area contributed by atoms with Crippen molar-refractivity contribution >= 4 is 5.91 Å². The topological polar surface area (TPSA) is 69.8 Å². The number of rotatable bonds is 3. The molecule has 0 aliphatic carbocycles. The van der Waals surface area contributed by atoms with Gasteiger partial charge in [-0.25, -0.2) is 0 Å². The summed E-state index contributed by atoms with van der Waals surface area (Å²) in [6.07, 6.45) is 0.981. The monoisotopic (exact) mass is 250 g/mol. The Balaban J connectivity index is 1.98. The Morgan fingerprint density at radius 1 is 1.56 bits per heavy atom. The molecule has 1 aromatic rings. The van der Waals surface area contributed by atoms with Gasteiger partial charge in [0.15, 0.2) is 0 Å². The molecule has 100 valence electrons. The number of amides is 1. The van der Waals surface area contributed by atoms with Crippen LogP contribution in [0, 0.1) is 5.92 Å². The normalized spacial score (nSPS) is 24.2. The van der Waals surface area contributed by atoms with Crippen molar-refractivity contribution in [2.45, 2.75) is 39.2 Å². The molecule has 0 spiro atoms. The molecule has 0 saturated carbocycles. The van der Waals surface area contributed by atoms with Crippen molar-refractivity contribution < 1.29 is 4.79 Å². The molecular formula is C13H22N4O. The fraction of sp³-hybridized carbons (Fsp3) is 0.692. The van der Waals surface area contributed by atoms with Gasteiger partial charge in [0.2, 0.25) is 0 Å². The predicted molar refractivity (Wildman–Crippen MR) is 70.6 cm³/mol. The summed E-state index contributed by atoms with van der Waals surface area (Å²) in [5.74, 6) is 0.750. The summed E-state index contributed by atoms with van der Waals surface area (Å²) in [4.78, 5) is 12.1. The maximum absolute atomic E-state index is 12.1. The molecule has 1 amide bonds. The Bertz CT molecular complexity index is 413. The number of carbonyl (C=O) groups excluding carboxylic acids is 1. The van der Waals surface area contributed by atoms with Crippen molar-refractivity contribution in [1.29, 1.82) is 0 Å². The SMILES string of the molecule is CC(C)c1cc(C(=O)NC2CCNCC2C)n[nH]1. The van der Waals surface area contributed by atoms with Gasteiger partial charge >= 0.3 is 0 Å². The van der Waals surface area contributed by atoms with Crippen molar-refractivity contribution in [1.82, 2.24) is 20.8 Å². The highest BCUT2D eigenvalue weighted by molar-refractivity contribution is 5.92. The number of nitrogens with one attached hydrogen (secondary N) is 3. The standard InChI is InChI=1S/C13H22N4O/c1-8(2)11-6-12(17-16-11)13(18)15-10-4-5-14-7-9(10)3/h6,8-10,14H,4-5,7H2,1-3H3,(H,15,18)(H,16,17). The average Bonchev–Trinajstić information content (AvgIpc) is 2.81. The molecule has 1 aliphatic heterocycles. The Kier molecular flexibility index (Phi) is 4.01. The van der Waals surface area contributed by atoms with Crippen LogP contribution in [0.15, 0.2) is 6.07 Å². The molecule has 2 rings (SSSR count). The highest BCUT2D eigenvalue weighted by Gasteiger charge is 2.24. The Hall–Kier alpha value is -1.36. The zero-order chi connectivity index (χ0) is 13.1. The minimum Gasteiger partial charge on any atom is -0.348 e. The van der Waals surface area contributed by atoms with Gasteiger partial charge in [-0.05, 0) is 37.4 Å². The maximum Gasteiger partial charge on any atom is 0.272 e. The summed E-state index contributed by atoms with van der Waals surface area (Å²) in [5.41, 5.74) is 1.49. The van der Waals surface area contributed by atoms with E-state index in [-0.39, 0.29) is 11.9 Å². The van der Waals surface area contributed by atoms with Crippen LogP contribution in [0.5, 0.6) is 0 Å². The first kappa shape index (κ1) is 13.1. The van der Waals surface area contributed by atoms with Crippen LogP contribution in [0.4, 0.5) is 0 Å². The van der Waals surface area contributed by atoms with Crippen molar-refractivity contribution in [2.75, 3.05) is 13.1 Å². The second kappa shape index (κ2) is 5.52. The molecular weight excluding hydrogens is 228 g/mol. The Morgan fingerprint density at radius 2 is 2.33 bits per heavy atom. The quantitative estimate of drug-likeness (QED) is 0.756. The lowest BCUT2D eigenvalue weighted by Gasteiger charge is -2.29. The summed E-state index contributed by atoms with van der Waals surface area (Å²) in [6, 6.07) is 2.09. The van der Waals surface area contributed by atoms with Crippen LogP contribution < -0.4 is 10.6 Å². The number of aromatic amines is 1. The van der Waals surface area contributed by atoms with E-state index in [0.717, 1.165) is 25.2 Å². The second-order valence-corrected chi connectivity index (χ2v) is 5.41. The van der Waals surface area contributed by atoms with Gasteiger partial charge in [0.1, 0.15) is 5.69 Å². The first-order valence-electron chi connectivity index (χ1n) is 6.65. The van der Waals surface area contributed by atoms with Crippen LogP contribution in [-0.4, -0.2) is 35.2 Å². The van der Waals surface area contributed by atoms with E-state index in [1.807, 2.05) is 6.07 Å². The summed E-state index contributed by atoms with van der Waals surface area (Å²) in [5, 5.41) is 13.4. The maximum atomic E-state index is 12.1. The number of carbonyl (C=O) groups is 1. The number of H-pyrrole nitrogens is 1. The van der Waals surface area contributed by atoms with Gasteiger partial charge in [-0.15, -0.1) is 0 Å². The molecule has 18 heavy (non-hydrogen) atoms. The third-order valence-electron chi connectivity index (χ3n) is 3.55. The summed E-state index contributed by atoms with van der Waals surface area (Å²) < 4.78 is 0. The lowest BCUT2D eigenvalue weighted by atomic mass is 9.95. The van der Waals surface area contributed by atoms with E-state index in [2.05, 4.69) is 41.6 Å². The van der Waals surface area contributed by atoms with Crippen LogP contribution in [-0.2, 0) is 0 Å². The molecule has 0 radical (unpaired) electrons. The van der Waals surface area contributed by atoms with Gasteiger partial charge in [-0.1, -0.05) is 20.8 Å². The molecule has 2 unspecified atom stereocenters. The van der Waals surface area contributed by atoms with Gasteiger partial charge < -0.3 is 10.6 Å². The van der Waals surface area contributed by atoms with Gasteiger partial charge in [0.05, 0.1) is 0 Å². The zero-order valence-electron chi connectivity index (χ0n) is 11.3. The largest absolute Gasteiger partial charge is 0.348 e. The van der Waals surface area contributed by atoms with Crippen LogP contribution in [0.3, 0.4) is 0 Å².